The van der Waals surface area contributed by atoms with Crippen molar-refractivity contribution in [2.75, 3.05) is 0 Å². The number of pyridine rings is 1. The molecule has 1 aromatic carbocycles. The van der Waals surface area contributed by atoms with Gasteiger partial charge in [-0.25, -0.2) is 4.98 Å². The van der Waals surface area contributed by atoms with Crippen LogP contribution in [0.3, 0.4) is 0 Å². The van der Waals surface area contributed by atoms with Crippen molar-refractivity contribution in [3.63, 3.8) is 0 Å². The minimum absolute atomic E-state index is 0.00348. The highest BCUT2D eigenvalue weighted by atomic mass is 32.1. The number of amides is 1. The fourth-order valence-electron chi connectivity index (χ4n) is 1.51. The Hall–Kier alpha value is -2.22. The number of hydrogen-bond donors (Lipinski definition) is 2. The van der Waals surface area contributed by atoms with Gasteiger partial charge in [-0.2, -0.15) is 13.2 Å². The van der Waals surface area contributed by atoms with Gasteiger partial charge in [0.2, 0.25) is 5.88 Å². The van der Waals surface area contributed by atoms with Crippen LogP contribution >= 0.6 is 12.8 Å². The molecular weight excluding hydrogens is 305 g/mol. The van der Waals surface area contributed by atoms with Crippen LogP contribution in [0.15, 0.2) is 42.5 Å². The van der Waals surface area contributed by atoms with Crippen molar-refractivity contribution >= 4 is 18.7 Å². The minimum atomic E-state index is -4.46. The zero-order valence-corrected chi connectivity index (χ0v) is 11.3. The molecule has 1 heterocycles. The molecule has 8 heteroatoms. The Morgan fingerprint density at radius 2 is 1.90 bits per heavy atom. The minimum Gasteiger partial charge on any atom is -0.439 e. The fourth-order valence-corrected chi connectivity index (χ4v) is 1.63. The first kappa shape index (κ1) is 15.2. The Morgan fingerprint density at radius 3 is 2.57 bits per heavy atom. The molecule has 1 aromatic heterocycles. The Balaban J connectivity index is 2.24. The third-order valence-electron chi connectivity index (χ3n) is 2.44. The summed E-state index contributed by atoms with van der Waals surface area (Å²) in [6, 6.07) is 8.72. The van der Waals surface area contributed by atoms with Crippen molar-refractivity contribution in [3.8, 4) is 11.6 Å². The Labute approximate surface area is 123 Å². The van der Waals surface area contributed by atoms with Crippen LogP contribution in [0.2, 0.25) is 0 Å². The van der Waals surface area contributed by atoms with Gasteiger partial charge in [0.25, 0.3) is 5.91 Å². The van der Waals surface area contributed by atoms with Crippen LogP contribution in [-0.4, -0.2) is 10.9 Å². The normalized spacial score (nSPS) is 11.0. The molecule has 2 rings (SSSR count). The van der Waals surface area contributed by atoms with Crippen LogP contribution in [0.1, 0.15) is 16.1 Å². The number of hydrogen-bond acceptors (Lipinski definition) is 4. The standard InChI is InChI=1S/C13H9F3N2O2S/c14-13(15,16)8-3-1-4-9(7-8)20-11-6-2-5-10(17-11)12(19)18-21/h1-7,21H,(H,18,19). The van der Waals surface area contributed by atoms with Crippen LogP contribution < -0.4 is 9.46 Å². The van der Waals surface area contributed by atoms with Gasteiger partial charge in [-0.1, -0.05) is 24.9 Å². The highest BCUT2D eigenvalue weighted by Gasteiger charge is 2.30. The molecule has 0 aliphatic heterocycles. The molecule has 1 amide bonds. The van der Waals surface area contributed by atoms with Gasteiger partial charge in [-0.05, 0) is 24.3 Å². The second-order valence-corrected chi connectivity index (χ2v) is 4.15. The highest BCUT2D eigenvalue weighted by Crippen LogP contribution is 2.32. The summed E-state index contributed by atoms with van der Waals surface area (Å²) in [5.41, 5.74) is -0.793. The van der Waals surface area contributed by atoms with Crippen molar-refractivity contribution in [3.05, 3.63) is 53.7 Å². The van der Waals surface area contributed by atoms with Crippen molar-refractivity contribution < 1.29 is 22.7 Å². The molecule has 4 nitrogen and oxygen atoms in total. The number of thiol groups is 1. The number of nitrogens with zero attached hydrogens (tertiary/aromatic N) is 1. The first-order valence-corrected chi connectivity index (χ1v) is 6.11. The molecule has 21 heavy (non-hydrogen) atoms. The number of carbonyl (C=O) groups excluding carboxylic acids is 1. The second kappa shape index (κ2) is 6.04. The van der Waals surface area contributed by atoms with Gasteiger partial charge in [-0.3, -0.25) is 9.52 Å². The molecule has 0 spiro atoms. The molecule has 0 fully saturated rings. The molecule has 0 aliphatic carbocycles. The van der Waals surface area contributed by atoms with Gasteiger partial charge in [0.05, 0.1) is 5.56 Å². The van der Waals surface area contributed by atoms with Crippen LogP contribution in [0.5, 0.6) is 11.6 Å². The predicted molar refractivity (Wildman–Crippen MR) is 72.2 cm³/mol. The van der Waals surface area contributed by atoms with Gasteiger partial charge in [0, 0.05) is 6.07 Å². The number of aromatic nitrogens is 1. The van der Waals surface area contributed by atoms with E-state index in [-0.39, 0.29) is 17.3 Å². The summed E-state index contributed by atoms with van der Waals surface area (Å²) in [7, 11) is 0. The molecule has 110 valence electrons. The SMILES string of the molecule is O=C(NS)c1cccc(Oc2cccc(C(F)(F)F)c2)n1. The van der Waals surface area contributed by atoms with E-state index < -0.39 is 17.6 Å². The number of benzene rings is 1. The van der Waals surface area contributed by atoms with Gasteiger partial charge >= 0.3 is 6.18 Å². The van der Waals surface area contributed by atoms with Crippen LogP contribution in [0.25, 0.3) is 0 Å². The smallest absolute Gasteiger partial charge is 0.416 e. The van der Waals surface area contributed by atoms with E-state index in [1.165, 1.54) is 30.3 Å². The third kappa shape index (κ3) is 3.88. The molecule has 2 aromatic rings. The first-order chi connectivity index (χ1) is 9.90. The van der Waals surface area contributed by atoms with Crippen LogP contribution in [0, 0.1) is 0 Å². The lowest BCUT2D eigenvalue weighted by Crippen LogP contribution is -2.14. The topological polar surface area (TPSA) is 51.2 Å². The molecule has 0 atom stereocenters. The lowest BCUT2D eigenvalue weighted by Gasteiger charge is -2.09. The number of rotatable bonds is 3. The maximum absolute atomic E-state index is 12.6. The van der Waals surface area contributed by atoms with Crippen LogP contribution in [0.4, 0.5) is 13.2 Å². The Kier molecular flexibility index (Phi) is 4.37. The second-order valence-electron chi connectivity index (χ2n) is 3.93. The van der Waals surface area contributed by atoms with Crippen molar-refractivity contribution in [1.82, 2.24) is 9.71 Å². The number of nitrogens with one attached hydrogen (secondary N) is 1. The summed E-state index contributed by atoms with van der Waals surface area (Å²) in [4.78, 5) is 15.2. The summed E-state index contributed by atoms with van der Waals surface area (Å²) in [5, 5.41) is 0. The predicted octanol–water partition coefficient (Wildman–Crippen LogP) is 3.47. The Morgan fingerprint density at radius 1 is 1.19 bits per heavy atom. The van der Waals surface area contributed by atoms with E-state index in [0.29, 0.717) is 0 Å². The number of carbonyl (C=O) groups is 1. The average molecular weight is 314 g/mol. The monoisotopic (exact) mass is 314 g/mol. The van der Waals surface area contributed by atoms with E-state index in [1.807, 2.05) is 0 Å². The van der Waals surface area contributed by atoms with E-state index >= 15 is 0 Å². The molecule has 0 unspecified atom stereocenters. The highest BCUT2D eigenvalue weighted by molar-refractivity contribution is 7.78. The maximum Gasteiger partial charge on any atom is 0.416 e. The summed E-state index contributed by atoms with van der Waals surface area (Å²) < 4.78 is 45.1. The quantitative estimate of drug-likeness (QED) is 0.853. The summed E-state index contributed by atoms with van der Waals surface area (Å²) in [6.07, 6.45) is -4.46. The number of halogens is 3. The van der Waals surface area contributed by atoms with E-state index in [4.69, 9.17) is 4.74 Å². The zero-order valence-electron chi connectivity index (χ0n) is 10.4. The van der Waals surface area contributed by atoms with Crippen molar-refractivity contribution in [2.45, 2.75) is 6.18 Å². The number of alkyl halides is 3. The Bertz CT molecular complexity index is 662. The molecule has 0 aliphatic rings. The van der Waals surface area contributed by atoms with Crippen LogP contribution in [-0.2, 0) is 6.18 Å². The largest absolute Gasteiger partial charge is 0.439 e. The molecule has 0 bridgehead atoms. The molecular formula is C13H9F3N2O2S. The molecule has 1 N–H and O–H groups in total. The van der Waals surface area contributed by atoms with Gasteiger partial charge in [0.1, 0.15) is 11.4 Å². The summed E-state index contributed by atoms with van der Waals surface area (Å²) in [5.74, 6) is -0.572. The van der Waals surface area contributed by atoms with E-state index in [2.05, 4.69) is 22.5 Å². The summed E-state index contributed by atoms with van der Waals surface area (Å²) >= 11 is 3.60. The van der Waals surface area contributed by atoms with Gasteiger partial charge in [-0.15, -0.1) is 0 Å². The lowest BCUT2D eigenvalue weighted by molar-refractivity contribution is -0.137. The van der Waals surface area contributed by atoms with E-state index in [1.54, 1.807) is 0 Å². The van der Waals surface area contributed by atoms with Crippen molar-refractivity contribution in [1.29, 1.82) is 0 Å². The van der Waals surface area contributed by atoms with Gasteiger partial charge < -0.3 is 4.74 Å². The molecule has 0 saturated heterocycles. The average Bonchev–Trinajstić information content (AvgIpc) is 2.46. The fraction of sp³-hybridized carbons (Fsp3) is 0.0769. The maximum atomic E-state index is 12.6. The summed E-state index contributed by atoms with van der Waals surface area (Å²) in [6.45, 7) is 0. The zero-order chi connectivity index (χ0) is 15.5. The van der Waals surface area contributed by atoms with E-state index in [9.17, 15) is 18.0 Å². The lowest BCUT2D eigenvalue weighted by atomic mass is 10.2. The van der Waals surface area contributed by atoms with E-state index in [0.717, 1.165) is 12.1 Å². The molecule has 0 radical (unpaired) electrons. The number of ether oxygens (including phenoxy) is 1. The third-order valence-corrected chi connectivity index (χ3v) is 2.64. The van der Waals surface area contributed by atoms with Gasteiger partial charge in [0.15, 0.2) is 0 Å². The first-order valence-electron chi connectivity index (χ1n) is 5.67. The molecule has 0 saturated carbocycles. The van der Waals surface area contributed by atoms with Crippen molar-refractivity contribution in [2.24, 2.45) is 0 Å².